The van der Waals surface area contributed by atoms with Crippen molar-refractivity contribution in [3.8, 4) is 0 Å². The second kappa shape index (κ2) is 5.61. The highest BCUT2D eigenvalue weighted by Crippen LogP contribution is 2.28. The number of aromatic nitrogens is 3. The first-order valence-electron chi connectivity index (χ1n) is 6.23. The molecule has 1 atom stereocenters. The van der Waals surface area contributed by atoms with Gasteiger partial charge in [0.25, 0.3) is 0 Å². The molecular formula is C13H19ClN4S. The zero-order valence-electron chi connectivity index (χ0n) is 11.9. The topological polar surface area (TPSA) is 44.8 Å². The molecule has 19 heavy (non-hydrogen) atoms. The molecule has 0 amide bonds. The number of aryl methyl sites for hydroxylation is 3. The molecule has 0 bridgehead atoms. The fourth-order valence-corrected chi connectivity index (χ4v) is 3.14. The molecule has 0 aromatic carbocycles. The Balaban J connectivity index is 2.13. The molecule has 2 aromatic heterocycles. The lowest BCUT2D eigenvalue weighted by Crippen LogP contribution is -2.23. The van der Waals surface area contributed by atoms with Crippen LogP contribution in [-0.4, -0.2) is 27.1 Å². The molecule has 0 saturated heterocycles. The van der Waals surface area contributed by atoms with Crippen molar-refractivity contribution in [3.05, 3.63) is 32.0 Å². The number of hydrogen-bond acceptors (Lipinski definition) is 4. The fourth-order valence-electron chi connectivity index (χ4n) is 2.09. The zero-order valence-corrected chi connectivity index (χ0v) is 13.5. The predicted octanol–water partition coefficient (Wildman–Crippen LogP) is 3.64. The minimum absolute atomic E-state index is 0.248. The van der Waals surface area contributed by atoms with Crippen LogP contribution in [0, 0.1) is 20.8 Å². The van der Waals surface area contributed by atoms with E-state index in [0.717, 1.165) is 27.1 Å². The first-order valence-corrected chi connectivity index (χ1v) is 7.43. The average Bonchev–Trinajstić information content (AvgIpc) is 2.84. The number of nitrogens with one attached hydrogen (secondary N) is 1. The normalized spacial score (nSPS) is 13.2. The monoisotopic (exact) mass is 298 g/mol. The number of thiazole rings is 1. The van der Waals surface area contributed by atoms with Crippen molar-refractivity contribution in [2.45, 2.75) is 40.3 Å². The van der Waals surface area contributed by atoms with E-state index in [-0.39, 0.29) is 6.04 Å². The van der Waals surface area contributed by atoms with Crippen LogP contribution >= 0.6 is 22.9 Å². The Bertz CT molecular complexity index is 575. The molecule has 2 heterocycles. The third-order valence-electron chi connectivity index (χ3n) is 3.34. The molecular weight excluding hydrogens is 280 g/mol. The van der Waals surface area contributed by atoms with Crippen LogP contribution in [0.25, 0.3) is 0 Å². The molecule has 2 aromatic rings. The van der Waals surface area contributed by atoms with Crippen molar-refractivity contribution in [3.63, 3.8) is 0 Å². The summed E-state index contributed by atoms with van der Waals surface area (Å²) >= 11 is 7.95. The first kappa shape index (κ1) is 14.5. The van der Waals surface area contributed by atoms with E-state index in [4.69, 9.17) is 11.6 Å². The Kier molecular flexibility index (Phi) is 4.28. The van der Waals surface area contributed by atoms with Gasteiger partial charge in [0.2, 0.25) is 0 Å². The van der Waals surface area contributed by atoms with Gasteiger partial charge in [-0.25, -0.2) is 4.98 Å². The minimum atomic E-state index is 0.248. The highest BCUT2D eigenvalue weighted by Gasteiger charge is 2.19. The summed E-state index contributed by atoms with van der Waals surface area (Å²) < 4.78 is 0. The highest BCUT2D eigenvalue weighted by atomic mass is 35.5. The van der Waals surface area contributed by atoms with E-state index in [0.29, 0.717) is 6.54 Å². The molecule has 0 fully saturated rings. The van der Waals surface area contributed by atoms with Gasteiger partial charge in [0.15, 0.2) is 0 Å². The maximum absolute atomic E-state index is 6.20. The summed E-state index contributed by atoms with van der Waals surface area (Å²) in [6.45, 7) is 8.96. The van der Waals surface area contributed by atoms with Crippen LogP contribution in [0.15, 0.2) is 0 Å². The highest BCUT2D eigenvalue weighted by molar-refractivity contribution is 7.11. The van der Waals surface area contributed by atoms with E-state index in [1.807, 2.05) is 13.8 Å². The second-order valence-electron chi connectivity index (χ2n) is 4.87. The van der Waals surface area contributed by atoms with Gasteiger partial charge in [-0.15, -0.1) is 11.3 Å². The SMILES string of the molecule is Cc1nc([C@@H](C)N(C)Cc2n[nH]c(C)c2Cl)c(C)s1. The van der Waals surface area contributed by atoms with Crippen LogP contribution in [0.1, 0.15) is 39.9 Å². The molecule has 4 nitrogen and oxygen atoms in total. The van der Waals surface area contributed by atoms with E-state index in [1.165, 1.54) is 4.88 Å². The summed E-state index contributed by atoms with van der Waals surface area (Å²) in [6, 6.07) is 0.248. The maximum Gasteiger partial charge on any atom is 0.0951 e. The molecule has 1 N–H and O–H groups in total. The van der Waals surface area contributed by atoms with Crippen molar-refractivity contribution in [2.24, 2.45) is 0 Å². The van der Waals surface area contributed by atoms with Gasteiger partial charge in [-0.2, -0.15) is 5.10 Å². The summed E-state index contributed by atoms with van der Waals surface area (Å²) in [7, 11) is 2.07. The van der Waals surface area contributed by atoms with Gasteiger partial charge in [-0.05, 0) is 34.7 Å². The van der Waals surface area contributed by atoms with E-state index in [1.54, 1.807) is 11.3 Å². The number of aromatic amines is 1. The van der Waals surface area contributed by atoms with Gasteiger partial charge in [0.1, 0.15) is 0 Å². The van der Waals surface area contributed by atoms with E-state index >= 15 is 0 Å². The lowest BCUT2D eigenvalue weighted by molar-refractivity contribution is 0.245. The summed E-state index contributed by atoms with van der Waals surface area (Å²) in [5, 5.41) is 9.00. The standard InChI is InChI=1S/C13H19ClN4S/c1-7-12(14)11(17-16-7)6-18(5)8(2)13-9(3)19-10(4)15-13/h8H,6H2,1-5H3,(H,16,17)/t8-/m1/s1. The molecule has 104 valence electrons. The number of rotatable bonds is 4. The fraction of sp³-hybridized carbons (Fsp3) is 0.538. The molecule has 0 aliphatic heterocycles. The molecule has 0 aliphatic carbocycles. The van der Waals surface area contributed by atoms with Crippen LogP contribution in [0.2, 0.25) is 5.02 Å². The average molecular weight is 299 g/mol. The summed E-state index contributed by atoms with van der Waals surface area (Å²) in [5.74, 6) is 0. The third kappa shape index (κ3) is 2.99. The van der Waals surface area contributed by atoms with Crippen molar-refractivity contribution in [2.75, 3.05) is 7.05 Å². The van der Waals surface area contributed by atoms with Gasteiger partial charge >= 0.3 is 0 Å². The summed E-state index contributed by atoms with van der Waals surface area (Å²) in [6.07, 6.45) is 0. The Morgan fingerprint density at radius 2 is 2.05 bits per heavy atom. The third-order valence-corrected chi connectivity index (χ3v) is 4.74. The largest absolute Gasteiger partial charge is 0.292 e. The van der Waals surface area contributed by atoms with Crippen molar-refractivity contribution in [1.29, 1.82) is 0 Å². The molecule has 2 rings (SSSR count). The molecule has 0 aliphatic rings. The summed E-state index contributed by atoms with van der Waals surface area (Å²) in [5.41, 5.74) is 2.95. The van der Waals surface area contributed by atoms with Gasteiger partial charge in [-0.1, -0.05) is 11.6 Å². The Hall–Kier alpha value is -0.910. The van der Waals surface area contributed by atoms with Gasteiger partial charge in [-0.3, -0.25) is 10.00 Å². The smallest absolute Gasteiger partial charge is 0.0951 e. The molecule has 0 spiro atoms. The van der Waals surface area contributed by atoms with Gasteiger partial charge in [0.05, 0.1) is 33.2 Å². The van der Waals surface area contributed by atoms with E-state index < -0.39 is 0 Å². The number of halogens is 1. The van der Waals surface area contributed by atoms with Crippen LogP contribution < -0.4 is 0 Å². The second-order valence-corrected chi connectivity index (χ2v) is 6.66. The van der Waals surface area contributed by atoms with Crippen LogP contribution in [0.4, 0.5) is 0 Å². The number of H-pyrrole nitrogens is 1. The van der Waals surface area contributed by atoms with Gasteiger partial charge < -0.3 is 0 Å². The number of hydrogen-bond donors (Lipinski definition) is 1. The van der Waals surface area contributed by atoms with Crippen LogP contribution in [0.3, 0.4) is 0 Å². The van der Waals surface area contributed by atoms with Crippen LogP contribution in [0.5, 0.6) is 0 Å². The van der Waals surface area contributed by atoms with E-state index in [2.05, 4.69) is 41.0 Å². The maximum atomic E-state index is 6.20. The Morgan fingerprint density at radius 3 is 2.53 bits per heavy atom. The number of nitrogens with zero attached hydrogens (tertiary/aromatic N) is 3. The van der Waals surface area contributed by atoms with Crippen LogP contribution in [-0.2, 0) is 6.54 Å². The molecule has 6 heteroatoms. The molecule has 0 radical (unpaired) electrons. The van der Waals surface area contributed by atoms with E-state index in [9.17, 15) is 0 Å². The molecule has 0 unspecified atom stereocenters. The Labute approximate surface area is 122 Å². The lowest BCUT2D eigenvalue weighted by Gasteiger charge is -2.23. The van der Waals surface area contributed by atoms with Crippen molar-refractivity contribution < 1.29 is 0 Å². The van der Waals surface area contributed by atoms with Crippen molar-refractivity contribution >= 4 is 22.9 Å². The Morgan fingerprint density at radius 1 is 1.37 bits per heavy atom. The van der Waals surface area contributed by atoms with Gasteiger partial charge in [0, 0.05) is 11.4 Å². The zero-order chi connectivity index (χ0) is 14.2. The summed E-state index contributed by atoms with van der Waals surface area (Å²) in [4.78, 5) is 8.11. The minimum Gasteiger partial charge on any atom is -0.292 e. The quantitative estimate of drug-likeness (QED) is 0.937. The van der Waals surface area contributed by atoms with Crippen molar-refractivity contribution in [1.82, 2.24) is 20.1 Å². The molecule has 0 saturated carbocycles. The first-order chi connectivity index (χ1) is 8.90. The lowest BCUT2D eigenvalue weighted by atomic mass is 10.2. The predicted molar refractivity (Wildman–Crippen MR) is 79.8 cm³/mol.